The van der Waals surface area contributed by atoms with Gasteiger partial charge in [-0.3, -0.25) is 0 Å². The second-order valence-corrected chi connectivity index (χ2v) is 6.67. The smallest absolute Gasteiger partial charge is 0.129 e. The van der Waals surface area contributed by atoms with E-state index >= 15 is 0 Å². The maximum atomic E-state index is 4.86. The molecule has 2 heterocycles. The van der Waals surface area contributed by atoms with Crippen molar-refractivity contribution in [2.45, 2.75) is 39.8 Å². The monoisotopic (exact) mass is 290 g/mol. The molecule has 2 rings (SSSR count). The van der Waals surface area contributed by atoms with Gasteiger partial charge in [-0.1, -0.05) is 19.9 Å². The Labute approximate surface area is 129 Å². The zero-order valence-corrected chi connectivity index (χ0v) is 14.0. The number of nitrogens with one attached hydrogen (secondary N) is 1. The Kier molecular flexibility index (Phi) is 6.00. The fourth-order valence-electron chi connectivity index (χ4n) is 2.93. The molecule has 0 amide bonds. The molecule has 0 aromatic carbocycles. The predicted octanol–water partition coefficient (Wildman–Crippen LogP) is 2.36. The van der Waals surface area contributed by atoms with Crippen LogP contribution in [0.15, 0.2) is 18.2 Å². The molecule has 1 aromatic heterocycles. The van der Waals surface area contributed by atoms with Crippen LogP contribution in [0.4, 0.5) is 5.82 Å². The second kappa shape index (κ2) is 7.76. The van der Waals surface area contributed by atoms with Crippen molar-refractivity contribution in [1.29, 1.82) is 0 Å². The van der Waals surface area contributed by atoms with Crippen LogP contribution >= 0.6 is 0 Å². The molecule has 1 atom stereocenters. The zero-order valence-electron chi connectivity index (χ0n) is 14.0. The third kappa shape index (κ3) is 4.97. The van der Waals surface area contributed by atoms with Gasteiger partial charge in [0.25, 0.3) is 0 Å². The second-order valence-electron chi connectivity index (χ2n) is 6.67. The maximum Gasteiger partial charge on any atom is 0.129 e. The standard InChI is InChI=1S/C17H30N4/c1-14(2)11-18-12-16-7-5-8-17(19-16)21-10-6-9-20(4)13-15(21)3/h5,7-8,14-15,18H,6,9-13H2,1-4H3. The third-order valence-electron chi connectivity index (χ3n) is 3.99. The van der Waals surface area contributed by atoms with Crippen LogP contribution in [-0.2, 0) is 6.54 Å². The molecule has 1 aliphatic heterocycles. The molecule has 1 unspecified atom stereocenters. The first-order valence-electron chi connectivity index (χ1n) is 8.18. The van der Waals surface area contributed by atoms with E-state index in [-0.39, 0.29) is 0 Å². The Morgan fingerprint density at radius 2 is 2.14 bits per heavy atom. The molecule has 1 fully saturated rings. The minimum absolute atomic E-state index is 0.517. The van der Waals surface area contributed by atoms with Crippen molar-refractivity contribution in [3.8, 4) is 0 Å². The lowest BCUT2D eigenvalue weighted by atomic mass is 10.2. The number of hydrogen-bond donors (Lipinski definition) is 1. The zero-order chi connectivity index (χ0) is 15.2. The topological polar surface area (TPSA) is 31.4 Å². The molecule has 4 nitrogen and oxygen atoms in total. The van der Waals surface area contributed by atoms with Gasteiger partial charge in [0.2, 0.25) is 0 Å². The lowest BCUT2D eigenvalue weighted by molar-refractivity contribution is 0.337. The van der Waals surface area contributed by atoms with Crippen LogP contribution < -0.4 is 10.2 Å². The molecule has 1 aromatic rings. The number of anilines is 1. The molecule has 0 spiro atoms. The van der Waals surface area contributed by atoms with E-state index in [9.17, 15) is 0 Å². The lowest BCUT2D eigenvalue weighted by Crippen LogP contribution is -2.38. The molecule has 1 saturated heterocycles. The molecular weight excluding hydrogens is 260 g/mol. The molecule has 4 heteroatoms. The number of rotatable bonds is 5. The van der Waals surface area contributed by atoms with Crippen LogP contribution in [0, 0.1) is 5.92 Å². The highest BCUT2D eigenvalue weighted by molar-refractivity contribution is 5.40. The number of aromatic nitrogens is 1. The van der Waals surface area contributed by atoms with E-state index in [4.69, 9.17) is 4.98 Å². The highest BCUT2D eigenvalue weighted by Gasteiger charge is 2.20. The summed E-state index contributed by atoms with van der Waals surface area (Å²) in [5.74, 6) is 1.80. The Bertz CT molecular complexity index is 433. The first-order valence-corrected chi connectivity index (χ1v) is 8.18. The average Bonchev–Trinajstić information content (AvgIpc) is 2.59. The van der Waals surface area contributed by atoms with Crippen LogP contribution in [0.25, 0.3) is 0 Å². The van der Waals surface area contributed by atoms with E-state index in [2.05, 4.69) is 61.1 Å². The van der Waals surface area contributed by atoms with E-state index in [1.165, 1.54) is 13.0 Å². The van der Waals surface area contributed by atoms with Gasteiger partial charge in [0.1, 0.15) is 5.82 Å². The van der Waals surface area contributed by atoms with Gasteiger partial charge in [0.15, 0.2) is 0 Å². The summed E-state index contributed by atoms with van der Waals surface area (Å²) < 4.78 is 0. The highest BCUT2D eigenvalue weighted by Crippen LogP contribution is 2.18. The number of likely N-dealkylation sites (N-methyl/N-ethyl adjacent to an activating group) is 1. The Morgan fingerprint density at radius 1 is 1.33 bits per heavy atom. The van der Waals surface area contributed by atoms with Crippen molar-refractivity contribution in [2.24, 2.45) is 5.92 Å². The van der Waals surface area contributed by atoms with Crippen LogP contribution in [0.5, 0.6) is 0 Å². The molecule has 1 N–H and O–H groups in total. The summed E-state index contributed by atoms with van der Waals surface area (Å²) in [6.45, 7) is 12.0. The first-order chi connectivity index (χ1) is 10.1. The number of hydrogen-bond acceptors (Lipinski definition) is 4. The van der Waals surface area contributed by atoms with Gasteiger partial charge < -0.3 is 15.1 Å². The summed E-state index contributed by atoms with van der Waals surface area (Å²) in [7, 11) is 2.21. The van der Waals surface area contributed by atoms with Crippen molar-refractivity contribution >= 4 is 5.82 Å². The van der Waals surface area contributed by atoms with Gasteiger partial charge in [-0.05, 0) is 51.5 Å². The van der Waals surface area contributed by atoms with Crippen molar-refractivity contribution in [1.82, 2.24) is 15.2 Å². The van der Waals surface area contributed by atoms with Crippen LogP contribution in [0.1, 0.15) is 32.9 Å². The van der Waals surface area contributed by atoms with Gasteiger partial charge in [-0.2, -0.15) is 0 Å². The molecule has 0 radical (unpaired) electrons. The molecule has 0 aliphatic carbocycles. The minimum atomic E-state index is 0.517. The summed E-state index contributed by atoms with van der Waals surface area (Å²) in [6, 6.07) is 6.92. The predicted molar refractivity (Wildman–Crippen MR) is 89.7 cm³/mol. The van der Waals surface area contributed by atoms with E-state index in [0.29, 0.717) is 12.0 Å². The lowest BCUT2D eigenvalue weighted by Gasteiger charge is -2.29. The molecule has 0 bridgehead atoms. The molecule has 21 heavy (non-hydrogen) atoms. The average molecular weight is 290 g/mol. The van der Waals surface area contributed by atoms with Crippen molar-refractivity contribution in [2.75, 3.05) is 38.1 Å². The van der Waals surface area contributed by atoms with Crippen molar-refractivity contribution in [3.05, 3.63) is 23.9 Å². The summed E-state index contributed by atoms with van der Waals surface area (Å²) in [5.41, 5.74) is 1.14. The fraction of sp³-hybridized carbons (Fsp3) is 0.706. The SMILES string of the molecule is CC(C)CNCc1cccc(N2CCCN(C)CC2C)n1. The van der Waals surface area contributed by atoms with E-state index < -0.39 is 0 Å². The van der Waals surface area contributed by atoms with Crippen molar-refractivity contribution < 1.29 is 0 Å². The quantitative estimate of drug-likeness (QED) is 0.902. The maximum absolute atomic E-state index is 4.86. The highest BCUT2D eigenvalue weighted by atomic mass is 15.3. The Morgan fingerprint density at radius 3 is 2.90 bits per heavy atom. The van der Waals surface area contributed by atoms with Gasteiger partial charge in [0, 0.05) is 25.7 Å². The van der Waals surface area contributed by atoms with Crippen LogP contribution in [-0.4, -0.2) is 49.2 Å². The number of nitrogens with zero attached hydrogens (tertiary/aromatic N) is 3. The van der Waals surface area contributed by atoms with Gasteiger partial charge >= 0.3 is 0 Å². The van der Waals surface area contributed by atoms with Gasteiger partial charge in [-0.15, -0.1) is 0 Å². The summed E-state index contributed by atoms with van der Waals surface area (Å²) >= 11 is 0. The van der Waals surface area contributed by atoms with E-state index in [1.807, 2.05) is 0 Å². The normalized spacial score (nSPS) is 20.8. The largest absolute Gasteiger partial charge is 0.353 e. The fourth-order valence-corrected chi connectivity index (χ4v) is 2.93. The molecule has 1 aliphatic rings. The van der Waals surface area contributed by atoms with E-state index in [1.54, 1.807) is 0 Å². The third-order valence-corrected chi connectivity index (χ3v) is 3.99. The molecular formula is C17H30N4. The summed E-state index contributed by atoms with van der Waals surface area (Å²) in [4.78, 5) is 9.72. The minimum Gasteiger partial charge on any atom is -0.353 e. The van der Waals surface area contributed by atoms with Crippen LogP contribution in [0.3, 0.4) is 0 Å². The summed E-state index contributed by atoms with van der Waals surface area (Å²) in [5, 5.41) is 3.47. The Balaban J connectivity index is 2.02. The molecule has 118 valence electrons. The first kappa shape index (κ1) is 16.2. The number of pyridine rings is 1. The van der Waals surface area contributed by atoms with Gasteiger partial charge in [-0.25, -0.2) is 4.98 Å². The Hall–Kier alpha value is -1.13. The molecule has 0 saturated carbocycles. The van der Waals surface area contributed by atoms with Crippen LogP contribution in [0.2, 0.25) is 0 Å². The van der Waals surface area contributed by atoms with Gasteiger partial charge in [0.05, 0.1) is 5.69 Å². The van der Waals surface area contributed by atoms with Crippen molar-refractivity contribution in [3.63, 3.8) is 0 Å². The summed E-state index contributed by atoms with van der Waals surface area (Å²) in [6.07, 6.45) is 1.21. The van der Waals surface area contributed by atoms with E-state index in [0.717, 1.165) is 37.7 Å².